The van der Waals surface area contributed by atoms with Gasteiger partial charge in [0.05, 0.1) is 19.7 Å². The minimum atomic E-state index is -0.988. The summed E-state index contributed by atoms with van der Waals surface area (Å²) in [6, 6.07) is 21.1. The van der Waals surface area contributed by atoms with Crippen LogP contribution in [0.3, 0.4) is 0 Å². The zero-order valence-electron chi connectivity index (χ0n) is 22.2. The molecule has 1 aliphatic rings. The quantitative estimate of drug-likeness (QED) is 0.340. The number of hydrogen-bond donors (Lipinski definition) is 1. The Kier molecular flexibility index (Phi) is 8.05. The molecule has 1 aliphatic carbocycles. The molecular formula is C30H33N5O4. The first-order valence-electron chi connectivity index (χ1n) is 13.3. The highest BCUT2D eigenvalue weighted by molar-refractivity contribution is 6.02. The molecule has 0 unspecified atom stereocenters. The molecule has 0 saturated heterocycles. The van der Waals surface area contributed by atoms with Crippen LogP contribution in [-0.4, -0.2) is 47.1 Å². The fourth-order valence-corrected chi connectivity index (χ4v) is 5.23. The van der Waals surface area contributed by atoms with Crippen LogP contribution in [0.2, 0.25) is 0 Å². The molecule has 1 heterocycles. The second-order valence-electron chi connectivity index (χ2n) is 9.69. The number of amides is 2. The Labute approximate surface area is 227 Å². The van der Waals surface area contributed by atoms with E-state index in [4.69, 9.17) is 9.47 Å². The summed E-state index contributed by atoms with van der Waals surface area (Å²) < 4.78 is 12.7. The second-order valence-corrected chi connectivity index (χ2v) is 9.69. The number of carbonyl (C=O) groups excluding carboxylic acids is 2. The van der Waals surface area contributed by atoms with Gasteiger partial charge in [-0.25, -0.2) is 4.68 Å². The zero-order valence-corrected chi connectivity index (χ0v) is 22.2. The number of methoxy groups -OCH3 is 2. The van der Waals surface area contributed by atoms with Crippen LogP contribution in [0.5, 0.6) is 11.5 Å². The van der Waals surface area contributed by atoms with Crippen molar-refractivity contribution in [1.82, 2.24) is 20.3 Å². The van der Waals surface area contributed by atoms with Crippen LogP contribution in [-0.2, 0) is 16.1 Å². The third-order valence-electron chi connectivity index (χ3n) is 7.20. The monoisotopic (exact) mass is 527 g/mol. The topological polar surface area (TPSA) is 98.6 Å². The number of para-hydroxylation sites is 2. The number of fused-ring (bicyclic) bond motifs is 1. The Bertz CT molecular complexity index is 1430. The largest absolute Gasteiger partial charge is 0.497 e. The molecule has 1 N–H and O–H groups in total. The van der Waals surface area contributed by atoms with E-state index in [9.17, 15) is 9.59 Å². The first kappa shape index (κ1) is 26.2. The van der Waals surface area contributed by atoms with E-state index in [-0.39, 0.29) is 24.4 Å². The number of benzene rings is 3. The van der Waals surface area contributed by atoms with E-state index in [1.807, 2.05) is 54.6 Å². The maximum absolute atomic E-state index is 14.2. The number of aromatic nitrogens is 3. The number of anilines is 1. The van der Waals surface area contributed by atoms with Crippen molar-refractivity contribution in [3.05, 3.63) is 78.4 Å². The summed E-state index contributed by atoms with van der Waals surface area (Å²) in [6.07, 6.45) is 5.15. The van der Waals surface area contributed by atoms with Gasteiger partial charge in [0.25, 0.3) is 0 Å². The number of rotatable bonds is 9. The highest BCUT2D eigenvalue weighted by Crippen LogP contribution is 2.36. The normalized spacial score (nSPS) is 14.5. The van der Waals surface area contributed by atoms with E-state index in [1.165, 1.54) is 6.42 Å². The average Bonchev–Trinajstić information content (AvgIpc) is 3.39. The Hall–Kier alpha value is -4.40. The van der Waals surface area contributed by atoms with Crippen LogP contribution in [0.4, 0.5) is 5.69 Å². The molecule has 0 radical (unpaired) electrons. The van der Waals surface area contributed by atoms with Crippen molar-refractivity contribution in [3.8, 4) is 11.5 Å². The maximum atomic E-state index is 14.2. The van der Waals surface area contributed by atoms with Crippen molar-refractivity contribution in [2.75, 3.05) is 19.1 Å². The lowest BCUT2D eigenvalue weighted by Crippen LogP contribution is -2.48. The highest BCUT2D eigenvalue weighted by atomic mass is 16.5. The average molecular weight is 528 g/mol. The first-order chi connectivity index (χ1) is 19.1. The summed E-state index contributed by atoms with van der Waals surface area (Å²) in [4.78, 5) is 29.9. The maximum Gasteiger partial charge on any atom is 0.249 e. The zero-order chi connectivity index (χ0) is 27.2. The number of nitrogens with one attached hydrogen (secondary N) is 1. The Morgan fingerprint density at radius 3 is 2.46 bits per heavy atom. The fraction of sp³-hybridized carbons (Fsp3) is 0.333. The van der Waals surface area contributed by atoms with Crippen LogP contribution >= 0.6 is 0 Å². The molecule has 1 atom stereocenters. The molecule has 3 aromatic carbocycles. The van der Waals surface area contributed by atoms with Crippen LogP contribution in [0.1, 0.15) is 43.7 Å². The molecule has 0 aliphatic heterocycles. The highest BCUT2D eigenvalue weighted by Gasteiger charge is 2.36. The van der Waals surface area contributed by atoms with E-state index in [0.717, 1.165) is 31.2 Å². The van der Waals surface area contributed by atoms with Crippen molar-refractivity contribution in [2.24, 2.45) is 0 Å². The van der Waals surface area contributed by atoms with Gasteiger partial charge in [-0.1, -0.05) is 54.8 Å². The van der Waals surface area contributed by atoms with E-state index >= 15 is 0 Å². The van der Waals surface area contributed by atoms with Crippen LogP contribution in [0.15, 0.2) is 72.8 Å². The van der Waals surface area contributed by atoms with Gasteiger partial charge in [-0.15, -0.1) is 5.10 Å². The summed E-state index contributed by atoms with van der Waals surface area (Å²) in [7, 11) is 3.12. The van der Waals surface area contributed by atoms with Crippen LogP contribution in [0.25, 0.3) is 11.0 Å². The minimum absolute atomic E-state index is 0.0602. The Morgan fingerprint density at radius 1 is 0.974 bits per heavy atom. The summed E-state index contributed by atoms with van der Waals surface area (Å²) in [6.45, 7) is -0.0961. The molecule has 4 aromatic rings. The summed E-state index contributed by atoms with van der Waals surface area (Å²) in [5.41, 5.74) is 2.59. The molecule has 0 spiro atoms. The van der Waals surface area contributed by atoms with Gasteiger partial charge in [0.2, 0.25) is 11.8 Å². The molecule has 9 heteroatoms. The van der Waals surface area contributed by atoms with Crippen molar-refractivity contribution in [3.63, 3.8) is 0 Å². The van der Waals surface area contributed by atoms with Gasteiger partial charge in [-0.3, -0.25) is 14.5 Å². The number of carbonyl (C=O) groups is 2. The number of nitrogens with zero attached hydrogens (tertiary/aromatic N) is 4. The molecule has 202 valence electrons. The molecule has 2 amide bonds. The second kappa shape index (κ2) is 12.0. The predicted molar refractivity (Wildman–Crippen MR) is 149 cm³/mol. The van der Waals surface area contributed by atoms with Crippen molar-refractivity contribution >= 4 is 28.5 Å². The molecule has 1 saturated carbocycles. The van der Waals surface area contributed by atoms with Crippen LogP contribution in [0, 0.1) is 0 Å². The molecule has 5 rings (SSSR count). The standard InChI is InChI=1S/C30H33N5O4/c1-38-23-17-18-24(27(19-23)39-2)29(30(37)31-21-11-5-3-6-12-21)35(22-13-7-4-8-14-22)28(36)20-34-26-16-10-9-15-25(26)32-33-34/h4,7-10,13-19,21,29H,3,5-6,11-12,20H2,1-2H3,(H,31,37)/t29-/m1/s1. The van der Waals surface area contributed by atoms with E-state index < -0.39 is 6.04 Å². The van der Waals surface area contributed by atoms with Crippen LogP contribution < -0.4 is 19.7 Å². The predicted octanol–water partition coefficient (Wildman–Crippen LogP) is 4.67. The molecule has 0 bridgehead atoms. The van der Waals surface area contributed by atoms with Gasteiger partial charge in [0.1, 0.15) is 29.6 Å². The number of ether oxygens (including phenoxy) is 2. The van der Waals surface area contributed by atoms with Crippen molar-refractivity contribution in [1.29, 1.82) is 0 Å². The SMILES string of the molecule is COc1ccc([C@H](C(=O)NC2CCCCC2)N(C(=O)Cn2nnc3ccccc32)c2ccccc2)c(OC)c1. The number of hydrogen-bond acceptors (Lipinski definition) is 6. The lowest BCUT2D eigenvalue weighted by molar-refractivity contribution is -0.127. The smallest absolute Gasteiger partial charge is 0.249 e. The van der Waals surface area contributed by atoms with Crippen molar-refractivity contribution < 1.29 is 19.1 Å². The molecule has 9 nitrogen and oxygen atoms in total. The van der Waals surface area contributed by atoms with Gasteiger partial charge in [-0.05, 0) is 49.2 Å². The van der Waals surface area contributed by atoms with E-state index in [2.05, 4.69) is 15.6 Å². The lowest BCUT2D eigenvalue weighted by Gasteiger charge is -2.34. The molecule has 1 aromatic heterocycles. The fourth-order valence-electron chi connectivity index (χ4n) is 5.23. The van der Waals surface area contributed by atoms with Gasteiger partial charge in [0.15, 0.2) is 0 Å². The van der Waals surface area contributed by atoms with Gasteiger partial charge in [0, 0.05) is 23.4 Å². The first-order valence-corrected chi connectivity index (χ1v) is 13.3. The molecule has 39 heavy (non-hydrogen) atoms. The summed E-state index contributed by atoms with van der Waals surface area (Å²) >= 11 is 0. The summed E-state index contributed by atoms with van der Waals surface area (Å²) in [5.74, 6) is 0.483. The minimum Gasteiger partial charge on any atom is -0.497 e. The Morgan fingerprint density at radius 2 is 1.72 bits per heavy atom. The van der Waals surface area contributed by atoms with Gasteiger partial charge >= 0.3 is 0 Å². The van der Waals surface area contributed by atoms with Gasteiger partial charge in [-0.2, -0.15) is 0 Å². The van der Waals surface area contributed by atoms with E-state index in [0.29, 0.717) is 28.3 Å². The third kappa shape index (κ3) is 5.72. The van der Waals surface area contributed by atoms with Gasteiger partial charge < -0.3 is 14.8 Å². The Balaban J connectivity index is 1.59. The van der Waals surface area contributed by atoms with E-state index in [1.54, 1.807) is 42.0 Å². The lowest BCUT2D eigenvalue weighted by atomic mass is 9.94. The molecular weight excluding hydrogens is 494 g/mol. The van der Waals surface area contributed by atoms with Crippen molar-refractivity contribution in [2.45, 2.75) is 50.7 Å². The summed E-state index contributed by atoms with van der Waals surface area (Å²) in [5, 5.41) is 11.6. The molecule has 1 fully saturated rings. The third-order valence-corrected chi connectivity index (χ3v) is 7.20.